The van der Waals surface area contributed by atoms with Crippen LogP contribution in [0.25, 0.3) is 0 Å². The zero-order valence-electron chi connectivity index (χ0n) is 11.2. The van der Waals surface area contributed by atoms with E-state index in [9.17, 15) is 0 Å². The molecule has 0 bridgehead atoms. The van der Waals surface area contributed by atoms with Crippen LogP contribution in [-0.4, -0.2) is 36.8 Å². The van der Waals surface area contributed by atoms with E-state index in [0.717, 1.165) is 36.7 Å². The van der Waals surface area contributed by atoms with Crippen molar-refractivity contribution in [3.05, 3.63) is 0 Å². The van der Waals surface area contributed by atoms with Crippen molar-refractivity contribution in [3.8, 4) is 5.75 Å². The second-order valence-electron chi connectivity index (χ2n) is 4.81. The van der Waals surface area contributed by atoms with Crippen molar-refractivity contribution in [1.29, 1.82) is 0 Å². The maximum atomic E-state index is 5.85. The molecule has 0 aromatic carbocycles. The average Bonchev–Trinajstić information content (AvgIpc) is 2.72. The normalized spacial score (nSPS) is 24.3. The van der Waals surface area contributed by atoms with Crippen LogP contribution in [0.2, 0.25) is 0 Å². The van der Waals surface area contributed by atoms with E-state index < -0.39 is 0 Å². The summed E-state index contributed by atoms with van der Waals surface area (Å²) in [5, 5.41) is 1.03. The Kier molecular flexibility index (Phi) is 3.97. The van der Waals surface area contributed by atoms with Crippen LogP contribution in [0.1, 0.15) is 26.7 Å². The maximum Gasteiger partial charge on any atom is 0.197 e. The van der Waals surface area contributed by atoms with Crippen LogP contribution in [0.4, 0.5) is 10.8 Å². The molecule has 6 heteroatoms. The van der Waals surface area contributed by atoms with Crippen LogP contribution in [-0.2, 0) is 4.74 Å². The Balaban J connectivity index is 2.20. The summed E-state index contributed by atoms with van der Waals surface area (Å²) in [6, 6.07) is 0. The van der Waals surface area contributed by atoms with E-state index in [1.54, 1.807) is 7.11 Å². The lowest BCUT2D eigenvalue weighted by Crippen LogP contribution is -2.47. The van der Waals surface area contributed by atoms with Crippen molar-refractivity contribution < 1.29 is 9.47 Å². The predicted molar refractivity (Wildman–Crippen MR) is 74.6 cm³/mol. The highest BCUT2D eigenvalue weighted by molar-refractivity contribution is 7.11. The summed E-state index contributed by atoms with van der Waals surface area (Å²) in [7, 11) is 1.77. The molecule has 18 heavy (non-hydrogen) atoms. The smallest absolute Gasteiger partial charge is 0.197 e. The van der Waals surface area contributed by atoms with Gasteiger partial charge in [0.15, 0.2) is 16.6 Å². The molecule has 1 atom stereocenters. The molecule has 1 aromatic rings. The lowest BCUT2D eigenvalue weighted by atomic mass is 9.95. The van der Waals surface area contributed by atoms with E-state index >= 15 is 0 Å². The van der Waals surface area contributed by atoms with E-state index in [1.165, 1.54) is 11.5 Å². The van der Waals surface area contributed by atoms with Gasteiger partial charge in [-0.05, 0) is 38.2 Å². The number of rotatable bonds is 4. The first-order chi connectivity index (χ1) is 8.59. The molecule has 0 radical (unpaired) electrons. The number of ether oxygens (including phenoxy) is 2. The molecule has 2 heterocycles. The minimum atomic E-state index is -0.0967. The molecular formula is C12H21N3O2S. The third kappa shape index (κ3) is 2.54. The van der Waals surface area contributed by atoms with Gasteiger partial charge in [-0.3, -0.25) is 0 Å². The highest BCUT2D eigenvalue weighted by Crippen LogP contribution is 2.40. The number of piperidine rings is 1. The van der Waals surface area contributed by atoms with Crippen LogP contribution in [0.5, 0.6) is 5.75 Å². The summed E-state index contributed by atoms with van der Waals surface area (Å²) in [5.74, 6) is 1.21. The van der Waals surface area contributed by atoms with Gasteiger partial charge in [-0.25, -0.2) is 0 Å². The number of methoxy groups -OCH3 is 1. The van der Waals surface area contributed by atoms with Gasteiger partial charge in [0.2, 0.25) is 0 Å². The van der Waals surface area contributed by atoms with Crippen LogP contribution in [0.3, 0.4) is 0 Å². The van der Waals surface area contributed by atoms with Gasteiger partial charge < -0.3 is 20.1 Å². The molecule has 1 aromatic heterocycles. The fourth-order valence-corrected chi connectivity index (χ4v) is 3.10. The molecular weight excluding hydrogens is 250 g/mol. The number of hydrogen-bond acceptors (Lipinski definition) is 6. The summed E-state index contributed by atoms with van der Waals surface area (Å²) >= 11 is 1.40. The van der Waals surface area contributed by atoms with Crippen molar-refractivity contribution in [1.82, 2.24) is 4.37 Å². The quantitative estimate of drug-likeness (QED) is 0.909. The first-order valence-electron chi connectivity index (χ1n) is 6.27. The lowest BCUT2D eigenvalue weighted by Gasteiger charge is -2.39. The number of anilines is 2. The average molecular weight is 271 g/mol. The van der Waals surface area contributed by atoms with Crippen molar-refractivity contribution in [2.24, 2.45) is 0 Å². The maximum absolute atomic E-state index is 5.85. The Bertz CT molecular complexity index is 410. The standard InChI is InChI=1S/C12H21N3O2S/c1-4-17-9-10(13)14-18-11(9)15-7-5-6-12(2,8-15)16-3/h4-8H2,1-3H3,(H2,13,14). The Hall–Kier alpha value is -1.01. The lowest BCUT2D eigenvalue weighted by molar-refractivity contribution is -0.00458. The summed E-state index contributed by atoms with van der Waals surface area (Å²) in [6.07, 6.45) is 2.19. The number of nitrogens with zero attached hydrogens (tertiary/aromatic N) is 2. The molecule has 0 amide bonds. The first kappa shape index (κ1) is 13.4. The molecule has 1 aliphatic heterocycles. The molecule has 2 N–H and O–H groups in total. The van der Waals surface area contributed by atoms with Gasteiger partial charge >= 0.3 is 0 Å². The second-order valence-corrected chi connectivity index (χ2v) is 5.57. The number of aromatic nitrogens is 1. The Labute approximate surface area is 112 Å². The topological polar surface area (TPSA) is 60.6 Å². The van der Waals surface area contributed by atoms with E-state index in [2.05, 4.69) is 16.2 Å². The van der Waals surface area contributed by atoms with Crippen molar-refractivity contribution >= 4 is 22.4 Å². The van der Waals surface area contributed by atoms with Crippen LogP contribution in [0, 0.1) is 0 Å². The fraction of sp³-hybridized carbons (Fsp3) is 0.750. The molecule has 0 spiro atoms. The van der Waals surface area contributed by atoms with Gasteiger partial charge in [0, 0.05) is 20.2 Å². The molecule has 102 valence electrons. The zero-order valence-corrected chi connectivity index (χ0v) is 12.0. The van der Waals surface area contributed by atoms with Gasteiger partial charge in [-0.2, -0.15) is 4.37 Å². The van der Waals surface area contributed by atoms with Crippen molar-refractivity contribution in [2.75, 3.05) is 37.4 Å². The first-order valence-corrected chi connectivity index (χ1v) is 7.05. The molecule has 0 aliphatic carbocycles. The molecule has 1 unspecified atom stereocenters. The van der Waals surface area contributed by atoms with Crippen LogP contribution >= 0.6 is 11.5 Å². The van der Waals surface area contributed by atoms with E-state index in [1.807, 2.05) is 6.92 Å². The SMILES string of the molecule is CCOc1c(N)nsc1N1CCCC(C)(OC)C1. The van der Waals surface area contributed by atoms with E-state index in [-0.39, 0.29) is 5.60 Å². The Morgan fingerprint density at radius 2 is 2.33 bits per heavy atom. The van der Waals surface area contributed by atoms with E-state index in [0.29, 0.717) is 12.4 Å². The van der Waals surface area contributed by atoms with Crippen molar-refractivity contribution in [2.45, 2.75) is 32.3 Å². The van der Waals surface area contributed by atoms with Gasteiger partial charge in [0.05, 0.1) is 12.2 Å². The molecule has 1 saturated heterocycles. The number of nitrogen functional groups attached to an aromatic ring is 1. The highest BCUT2D eigenvalue weighted by Gasteiger charge is 2.33. The Morgan fingerprint density at radius 1 is 1.56 bits per heavy atom. The van der Waals surface area contributed by atoms with Crippen LogP contribution < -0.4 is 15.4 Å². The molecule has 5 nitrogen and oxygen atoms in total. The molecule has 0 saturated carbocycles. The monoisotopic (exact) mass is 271 g/mol. The third-order valence-electron chi connectivity index (χ3n) is 3.39. The minimum Gasteiger partial charge on any atom is -0.487 e. The highest BCUT2D eigenvalue weighted by atomic mass is 32.1. The Morgan fingerprint density at radius 3 is 3.00 bits per heavy atom. The summed E-state index contributed by atoms with van der Waals surface area (Å²) < 4.78 is 15.4. The summed E-state index contributed by atoms with van der Waals surface area (Å²) in [6.45, 7) is 6.55. The minimum absolute atomic E-state index is 0.0967. The van der Waals surface area contributed by atoms with Gasteiger partial charge in [-0.1, -0.05) is 0 Å². The number of nitrogens with two attached hydrogens (primary N) is 1. The van der Waals surface area contributed by atoms with Crippen LogP contribution in [0.15, 0.2) is 0 Å². The van der Waals surface area contributed by atoms with Gasteiger partial charge in [0.1, 0.15) is 0 Å². The van der Waals surface area contributed by atoms with Gasteiger partial charge in [0.25, 0.3) is 0 Å². The molecule has 1 fully saturated rings. The zero-order chi connectivity index (χ0) is 13.2. The molecule has 2 rings (SSSR count). The van der Waals surface area contributed by atoms with E-state index in [4.69, 9.17) is 15.2 Å². The summed E-state index contributed by atoms with van der Waals surface area (Å²) in [5.41, 5.74) is 5.75. The fourth-order valence-electron chi connectivity index (χ4n) is 2.31. The largest absolute Gasteiger partial charge is 0.487 e. The number of hydrogen-bond donors (Lipinski definition) is 1. The third-order valence-corrected chi connectivity index (χ3v) is 4.29. The van der Waals surface area contributed by atoms with Gasteiger partial charge in [-0.15, -0.1) is 0 Å². The van der Waals surface area contributed by atoms with Crippen molar-refractivity contribution in [3.63, 3.8) is 0 Å². The second kappa shape index (κ2) is 5.32. The predicted octanol–water partition coefficient (Wildman–Crippen LogP) is 2.13. The summed E-state index contributed by atoms with van der Waals surface area (Å²) in [4.78, 5) is 2.27. The molecule has 1 aliphatic rings.